The van der Waals surface area contributed by atoms with Gasteiger partial charge >= 0.3 is 5.97 Å². The van der Waals surface area contributed by atoms with Crippen molar-refractivity contribution in [1.82, 2.24) is 9.88 Å². The molecule has 128 valence electrons. The van der Waals surface area contributed by atoms with E-state index in [0.29, 0.717) is 18.0 Å². The van der Waals surface area contributed by atoms with Crippen LogP contribution in [0.25, 0.3) is 0 Å². The number of amides is 1. The van der Waals surface area contributed by atoms with Crippen molar-refractivity contribution in [3.63, 3.8) is 0 Å². The van der Waals surface area contributed by atoms with Gasteiger partial charge in [-0.15, -0.1) is 23.7 Å². The van der Waals surface area contributed by atoms with Crippen molar-refractivity contribution < 1.29 is 14.7 Å². The number of carboxylic acids is 1. The summed E-state index contributed by atoms with van der Waals surface area (Å²) < 4.78 is 0. The third-order valence-corrected chi connectivity index (χ3v) is 6.29. The third kappa shape index (κ3) is 3.32. The monoisotopic (exact) mass is 346 g/mol. The second-order valence-electron chi connectivity index (χ2n) is 6.83. The molecule has 0 radical (unpaired) electrons. The fourth-order valence-electron chi connectivity index (χ4n) is 3.68. The molecule has 6 heteroatoms. The van der Waals surface area contributed by atoms with E-state index in [2.05, 4.69) is 10.9 Å². The Labute approximate surface area is 146 Å². The third-order valence-electron chi connectivity index (χ3n) is 5.24. The summed E-state index contributed by atoms with van der Waals surface area (Å²) in [5.41, 5.74) is 0.334. The molecule has 1 aromatic heterocycles. The number of rotatable bonds is 5. The van der Waals surface area contributed by atoms with E-state index in [-0.39, 0.29) is 17.7 Å². The normalized spacial score (nSPS) is 20.2. The van der Waals surface area contributed by atoms with E-state index in [1.807, 2.05) is 10.3 Å². The zero-order valence-corrected chi connectivity index (χ0v) is 14.5. The number of nitrogens with zero attached hydrogens (tertiary/aromatic N) is 2. The zero-order chi connectivity index (χ0) is 17.2. The van der Waals surface area contributed by atoms with Crippen molar-refractivity contribution in [2.45, 2.75) is 50.9 Å². The highest BCUT2D eigenvalue weighted by Crippen LogP contribution is 2.46. The Morgan fingerprint density at radius 2 is 2.12 bits per heavy atom. The van der Waals surface area contributed by atoms with Crippen LogP contribution in [-0.2, 0) is 16.0 Å². The number of carboxylic acid groups (broad SMARTS) is 1. The molecule has 2 aliphatic rings. The largest absolute Gasteiger partial charge is 0.481 e. The molecule has 0 unspecified atom stereocenters. The lowest BCUT2D eigenvalue weighted by Gasteiger charge is -2.44. The quantitative estimate of drug-likeness (QED) is 0.832. The van der Waals surface area contributed by atoms with Gasteiger partial charge in [-0.1, -0.05) is 6.42 Å². The molecule has 0 bridgehead atoms. The minimum absolute atomic E-state index is 0.0254. The Kier molecular flexibility index (Phi) is 4.91. The number of thiazole rings is 1. The van der Waals surface area contributed by atoms with Crippen molar-refractivity contribution in [1.29, 1.82) is 0 Å². The molecular formula is C18H22N2O3S. The van der Waals surface area contributed by atoms with Crippen molar-refractivity contribution in [3.8, 4) is 12.3 Å². The Morgan fingerprint density at radius 1 is 1.42 bits per heavy atom. The zero-order valence-electron chi connectivity index (χ0n) is 13.7. The molecule has 0 atom stereocenters. The van der Waals surface area contributed by atoms with Gasteiger partial charge in [0.1, 0.15) is 0 Å². The summed E-state index contributed by atoms with van der Waals surface area (Å²) in [6.45, 7) is 1.48. The smallest absolute Gasteiger partial charge is 0.309 e. The van der Waals surface area contributed by atoms with E-state index in [1.165, 1.54) is 11.3 Å². The van der Waals surface area contributed by atoms with Crippen LogP contribution in [0.2, 0.25) is 0 Å². The van der Waals surface area contributed by atoms with E-state index in [4.69, 9.17) is 11.5 Å². The molecule has 1 saturated heterocycles. The molecule has 2 heterocycles. The maximum Gasteiger partial charge on any atom is 0.309 e. The molecule has 1 saturated carbocycles. The van der Waals surface area contributed by atoms with Crippen molar-refractivity contribution in [2.24, 2.45) is 5.41 Å². The van der Waals surface area contributed by atoms with Crippen LogP contribution >= 0.6 is 11.3 Å². The molecule has 5 nitrogen and oxygen atoms in total. The number of terminal acetylenes is 1. The fourth-order valence-corrected chi connectivity index (χ4v) is 4.67. The summed E-state index contributed by atoms with van der Waals surface area (Å²) in [6.07, 6.45) is 10.7. The molecule has 1 aromatic rings. The number of piperidine rings is 1. The van der Waals surface area contributed by atoms with Gasteiger partial charge in [-0.05, 0) is 25.7 Å². The molecule has 0 aromatic carbocycles. The number of aromatic nitrogens is 1. The second-order valence-corrected chi connectivity index (χ2v) is 7.72. The fraction of sp³-hybridized carbons (Fsp3) is 0.611. The molecule has 1 aliphatic heterocycles. The first-order valence-corrected chi connectivity index (χ1v) is 9.31. The summed E-state index contributed by atoms with van der Waals surface area (Å²) in [5.74, 6) is 2.38. The summed E-state index contributed by atoms with van der Waals surface area (Å²) in [4.78, 5) is 30.0. The van der Waals surface area contributed by atoms with Gasteiger partial charge in [-0.25, -0.2) is 4.98 Å². The average Bonchev–Trinajstić information content (AvgIpc) is 2.98. The SMILES string of the molecule is C#CCC1(C(=O)N2CCC(c3nc(CC(=O)O)cs3)CC2)CCC1. The van der Waals surface area contributed by atoms with Crippen LogP contribution in [0.4, 0.5) is 0 Å². The molecule has 0 spiro atoms. The number of carbonyl (C=O) groups excluding carboxylic acids is 1. The standard InChI is InChI=1S/C18H22N2O3S/c1-2-6-18(7-3-8-18)17(23)20-9-4-13(5-10-20)16-19-14(12-24-16)11-15(21)22/h1,12-13H,3-11H2,(H,21,22). The molecular weight excluding hydrogens is 324 g/mol. The van der Waals surface area contributed by atoms with Crippen molar-refractivity contribution in [2.75, 3.05) is 13.1 Å². The van der Waals surface area contributed by atoms with Crippen LogP contribution in [0.15, 0.2) is 5.38 Å². The summed E-state index contributed by atoms with van der Waals surface area (Å²) in [6, 6.07) is 0. The first-order valence-electron chi connectivity index (χ1n) is 8.43. The highest BCUT2D eigenvalue weighted by Gasteiger charge is 2.46. The minimum Gasteiger partial charge on any atom is -0.481 e. The second kappa shape index (κ2) is 6.94. The Balaban J connectivity index is 1.58. The highest BCUT2D eigenvalue weighted by molar-refractivity contribution is 7.09. The number of carbonyl (C=O) groups is 2. The lowest BCUT2D eigenvalue weighted by Crippen LogP contribution is -2.50. The summed E-state index contributed by atoms with van der Waals surface area (Å²) >= 11 is 1.53. The van der Waals surface area contributed by atoms with Crippen LogP contribution in [-0.4, -0.2) is 40.0 Å². The van der Waals surface area contributed by atoms with Gasteiger partial charge in [0.15, 0.2) is 0 Å². The summed E-state index contributed by atoms with van der Waals surface area (Å²) in [5, 5.41) is 11.7. The predicted octanol–water partition coefficient (Wildman–Crippen LogP) is 2.67. The topological polar surface area (TPSA) is 70.5 Å². The maximum absolute atomic E-state index is 12.8. The van der Waals surface area contributed by atoms with Crippen LogP contribution in [0.1, 0.15) is 55.1 Å². The molecule has 1 N–H and O–H groups in total. The van der Waals surface area contributed by atoms with Crippen LogP contribution in [0.3, 0.4) is 0 Å². The Hall–Kier alpha value is -1.87. The summed E-state index contributed by atoms with van der Waals surface area (Å²) in [7, 11) is 0. The van der Waals surface area contributed by atoms with Gasteiger partial charge in [0.05, 0.1) is 22.5 Å². The van der Waals surface area contributed by atoms with E-state index in [9.17, 15) is 9.59 Å². The number of aliphatic carboxylic acids is 1. The Morgan fingerprint density at radius 3 is 2.67 bits per heavy atom. The first-order chi connectivity index (χ1) is 11.5. The van der Waals surface area contributed by atoms with Crippen LogP contribution < -0.4 is 0 Å². The first kappa shape index (κ1) is 17.0. The Bertz CT molecular complexity index is 664. The maximum atomic E-state index is 12.8. The van der Waals surface area contributed by atoms with E-state index < -0.39 is 5.97 Å². The molecule has 24 heavy (non-hydrogen) atoms. The highest BCUT2D eigenvalue weighted by atomic mass is 32.1. The lowest BCUT2D eigenvalue weighted by atomic mass is 9.65. The van der Waals surface area contributed by atoms with Gasteiger partial charge in [0.2, 0.25) is 5.91 Å². The molecule has 1 aliphatic carbocycles. The predicted molar refractivity (Wildman–Crippen MR) is 91.7 cm³/mol. The van der Waals surface area contributed by atoms with Gasteiger partial charge in [-0.3, -0.25) is 9.59 Å². The number of hydrogen-bond acceptors (Lipinski definition) is 4. The van der Waals surface area contributed by atoms with E-state index >= 15 is 0 Å². The van der Waals surface area contributed by atoms with Crippen molar-refractivity contribution in [3.05, 3.63) is 16.1 Å². The van der Waals surface area contributed by atoms with Gasteiger partial charge in [0.25, 0.3) is 0 Å². The average molecular weight is 346 g/mol. The number of likely N-dealkylation sites (tertiary alicyclic amines) is 1. The van der Waals surface area contributed by atoms with Crippen LogP contribution in [0.5, 0.6) is 0 Å². The molecule has 3 rings (SSSR count). The van der Waals surface area contributed by atoms with Crippen molar-refractivity contribution >= 4 is 23.2 Å². The number of hydrogen-bond donors (Lipinski definition) is 1. The van der Waals surface area contributed by atoms with Gasteiger partial charge in [0, 0.05) is 30.8 Å². The van der Waals surface area contributed by atoms with E-state index in [1.54, 1.807) is 0 Å². The van der Waals surface area contributed by atoms with E-state index in [0.717, 1.165) is 50.2 Å². The van der Waals surface area contributed by atoms with Gasteiger partial charge < -0.3 is 10.0 Å². The lowest BCUT2D eigenvalue weighted by molar-refractivity contribution is -0.148. The van der Waals surface area contributed by atoms with Gasteiger partial charge in [-0.2, -0.15) is 0 Å². The minimum atomic E-state index is -0.855. The molecule has 2 fully saturated rings. The van der Waals surface area contributed by atoms with Crippen LogP contribution in [0, 0.1) is 17.8 Å². The molecule has 1 amide bonds.